The number of hydrogen-bond acceptors (Lipinski definition) is 5. The summed E-state index contributed by atoms with van der Waals surface area (Å²) < 4.78 is 11.0. The number of nitrogens with zero attached hydrogens (tertiary/aromatic N) is 3. The van der Waals surface area contributed by atoms with Crippen molar-refractivity contribution in [2.75, 3.05) is 0 Å². The van der Waals surface area contributed by atoms with E-state index in [0.29, 0.717) is 17.3 Å². The predicted molar refractivity (Wildman–Crippen MR) is 117 cm³/mol. The molecule has 0 radical (unpaired) electrons. The highest BCUT2D eigenvalue weighted by Gasteiger charge is 2.16. The molecular formula is C24H27N3O2. The summed E-state index contributed by atoms with van der Waals surface area (Å²) in [5.41, 5.74) is 4.50. The lowest BCUT2D eigenvalue weighted by Gasteiger charge is -2.08. The van der Waals surface area contributed by atoms with Crippen molar-refractivity contribution < 1.29 is 9.05 Å². The molecule has 29 heavy (non-hydrogen) atoms. The maximum atomic E-state index is 5.58. The van der Waals surface area contributed by atoms with Gasteiger partial charge in [0.1, 0.15) is 22.9 Å². The van der Waals surface area contributed by atoms with E-state index in [0.717, 1.165) is 29.2 Å². The SMILES string of the molecule is C=N/C(=C\C=C/C)c1cc(C(C)Cc2cccc(-c3cc(C(C)C)on3)c2)on1. The van der Waals surface area contributed by atoms with Crippen LogP contribution in [0.1, 0.15) is 62.3 Å². The molecule has 0 fully saturated rings. The van der Waals surface area contributed by atoms with E-state index in [1.165, 1.54) is 5.56 Å². The van der Waals surface area contributed by atoms with E-state index >= 15 is 0 Å². The molecule has 2 aromatic heterocycles. The lowest BCUT2D eigenvalue weighted by Crippen LogP contribution is -1.97. The lowest BCUT2D eigenvalue weighted by atomic mass is 9.96. The van der Waals surface area contributed by atoms with Crippen LogP contribution < -0.4 is 0 Å². The minimum Gasteiger partial charge on any atom is -0.361 e. The first-order valence-corrected chi connectivity index (χ1v) is 9.84. The molecule has 0 N–H and O–H groups in total. The van der Waals surface area contributed by atoms with Crippen LogP contribution in [0.15, 0.2) is 68.7 Å². The Morgan fingerprint density at radius 1 is 1.10 bits per heavy atom. The number of benzene rings is 1. The van der Waals surface area contributed by atoms with Gasteiger partial charge in [0.05, 0.1) is 5.70 Å². The Hall–Kier alpha value is -3.21. The standard InChI is InChI=1S/C24H27N3O2/c1-6-7-11-20(25-5)22-15-24(29-27-22)17(4)12-18-9-8-10-19(13-18)21-14-23(16(2)3)28-26-21/h6-11,13-17H,5,12H2,1-4H3/b7-6-,20-11-. The molecule has 150 valence electrons. The van der Waals surface area contributed by atoms with Crippen molar-refractivity contribution in [2.24, 2.45) is 4.99 Å². The summed E-state index contributed by atoms with van der Waals surface area (Å²) in [7, 11) is 0. The fourth-order valence-corrected chi connectivity index (χ4v) is 3.06. The van der Waals surface area contributed by atoms with Crippen LogP contribution in [0.5, 0.6) is 0 Å². The highest BCUT2D eigenvalue weighted by Crippen LogP contribution is 2.27. The molecule has 0 bridgehead atoms. The van der Waals surface area contributed by atoms with E-state index < -0.39 is 0 Å². The molecule has 3 rings (SSSR count). The normalized spacial score (nSPS) is 13.3. The number of allylic oxidation sites excluding steroid dienone is 3. The monoisotopic (exact) mass is 389 g/mol. The summed E-state index contributed by atoms with van der Waals surface area (Å²) in [4.78, 5) is 4.03. The summed E-state index contributed by atoms with van der Waals surface area (Å²) in [6.07, 6.45) is 6.53. The van der Waals surface area contributed by atoms with Gasteiger partial charge in [0.2, 0.25) is 0 Å². The van der Waals surface area contributed by atoms with Crippen molar-refractivity contribution in [3.8, 4) is 11.3 Å². The van der Waals surface area contributed by atoms with Gasteiger partial charge in [-0.2, -0.15) is 0 Å². The van der Waals surface area contributed by atoms with E-state index in [9.17, 15) is 0 Å². The van der Waals surface area contributed by atoms with Crippen LogP contribution in [0.25, 0.3) is 17.0 Å². The molecule has 1 aromatic carbocycles. The number of aliphatic imine (C=N–C) groups is 1. The summed E-state index contributed by atoms with van der Waals surface area (Å²) in [5.74, 6) is 2.20. The van der Waals surface area contributed by atoms with E-state index in [4.69, 9.17) is 9.05 Å². The van der Waals surface area contributed by atoms with Crippen LogP contribution in [-0.2, 0) is 6.42 Å². The molecule has 0 spiro atoms. The van der Waals surface area contributed by atoms with Gasteiger partial charge in [-0.25, -0.2) is 0 Å². The van der Waals surface area contributed by atoms with Gasteiger partial charge < -0.3 is 9.05 Å². The summed E-state index contributed by atoms with van der Waals surface area (Å²) >= 11 is 0. The Bertz CT molecular complexity index is 1020. The van der Waals surface area contributed by atoms with Gasteiger partial charge in [-0.15, -0.1) is 0 Å². The van der Waals surface area contributed by atoms with E-state index in [1.807, 2.05) is 43.4 Å². The molecule has 0 aliphatic carbocycles. The first-order chi connectivity index (χ1) is 14.0. The van der Waals surface area contributed by atoms with Gasteiger partial charge in [0.25, 0.3) is 0 Å². The van der Waals surface area contributed by atoms with Crippen LogP contribution in [0, 0.1) is 0 Å². The maximum absolute atomic E-state index is 5.58. The predicted octanol–water partition coefficient (Wildman–Crippen LogP) is 6.42. The molecule has 0 aliphatic rings. The quantitative estimate of drug-likeness (QED) is 0.329. The van der Waals surface area contributed by atoms with E-state index in [1.54, 1.807) is 0 Å². The molecule has 1 unspecified atom stereocenters. The molecule has 0 aliphatic heterocycles. The second-order valence-electron chi connectivity index (χ2n) is 7.43. The fourth-order valence-electron chi connectivity index (χ4n) is 3.06. The molecule has 1 atom stereocenters. The third-order valence-corrected chi connectivity index (χ3v) is 4.76. The third kappa shape index (κ3) is 4.99. The minimum absolute atomic E-state index is 0.169. The van der Waals surface area contributed by atoms with Crippen molar-refractivity contribution in [1.82, 2.24) is 10.3 Å². The highest BCUT2D eigenvalue weighted by molar-refractivity contribution is 5.66. The fraction of sp³-hybridized carbons (Fsp3) is 0.292. The first kappa shape index (κ1) is 20.5. The minimum atomic E-state index is 0.169. The van der Waals surface area contributed by atoms with Crippen LogP contribution in [0.3, 0.4) is 0 Å². The van der Waals surface area contributed by atoms with Crippen LogP contribution in [0.2, 0.25) is 0 Å². The summed E-state index contributed by atoms with van der Waals surface area (Å²) in [6, 6.07) is 12.3. The second-order valence-corrected chi connectivity index (χ2v) is 7.43. The highest BCUT2D eigenvalue weighted by atomic mass is 16.5. The van der Waals surface area contributed by atoms with Gasteiger partial charge in [-0.05, 0) is 37.8 Å². The zero-order valence-corrected chi connectivity index (χ0v) is 17.4. The summed E-state index contributed by atoms with van der Waals surface area (Å²) in [6.45, 7) is 11.9. The molecule has 2 heterocycles. The second kappa shape index (κ2) is 9.32. The molecule has 0 saturated heterocycles. The van der Waals surface area contributed by atoms with Crippen LogP contribution in [-0.4, -0.2) is 17.0 Å². The van der Waals surface area contributed by atoms with Gasteiger partial charge in [-0.1, -0.05) is 61.4 Å². The Balaban J connectivity index is 1.76. The topological polar surface area (TPSA) is 64.4 Å². The largest absolute Gasteiger partial charge is 0.361 e. The molecular weight excluding hydrogens is 362 g/mol. The molecule has 3 aromatic rings. The van der Waals surface area contributed by atoms with Gasteiger partial charge >= 0.3 is 0 Å². The third-order valence-electron chi connectivity index (χ3n) is 4.76. The van der Waals surface area contributed by atoms with Gasteiger partial charge in [-0.3, -0.25) is 4.99 Å². The van der Waals surface area contributed by atoms with Gasteiger partial charge in [0, 0.05) is 29.5 Å². The number of hydrogen-bond donors (Lipinski definition) is 0. The Morgan fingerprint density at radius 3 is 2.59 bits per heavy atom. The average Bonchev–Trinajstić information content (AvgIpc) is 3.39. The van der Waals surface area contributed by atoms with E-state index in [2.05, 4.69) is 61.0 Å². The Kier molecular flexibility index (Phi) is 6.60. The lowest BCUT2D eigenvalue weighted by molar-refractivity contribution is 0.363. The van der Waals surface area contributed by atoms with Crippen molar-refractivity contribution in [3.05, 3.63) is 77.4 Å². The van der Waals surface area contributed by atoms with Crippen molar-refractivity contribution in [2.45, 2.75) is 46.0 Å². The zero-order chi connectivity index (χ0) is 20.8. The Morgan fingerprint density at radius 2 is 1.90 bits per heavy atom. The number of rotatable bonds is 8. The zero-order valence-electron chi connectivity index (χ0n) is 17.4. The van der Waals surface area contributed by atoms with Gasteiger partial charge in [0.15, 0.2) is 0 Å². The van der Waals surface area contributed by atoms with Crippen molar-refractivity contribution in [1.29, 1.82) is 0 Å². The van der Waals surface area contributed by atoms with Crippen molar-refractivity contribution >= 4 is 12.4 Å². The first-order valence-electron chi connectivity index (χ1n) is 9.84. The average molecular weight is 389 g/mol. The van der Waals surface area contributed by atoms with Crippen LogP contribution in [0.4, 0.5) is 0 Å². The summed E-state index contributed by atoms with van der Waals surface area (Å²) in [5, 5.41) is 8.37. The maximum Gasteiger partial charge on any atom is 0.140 e. The molecule has 0 amide bonds. The van der Waals surface area contributed by atoms with E-state index in [-0.39, 0.29) is 5.92 Å². The molecule has 5 heteroatoms. The van der Waals surface area contributed by atoms with Crippen LogP contribution >= 0.6 is 0 Å². The number of aromatic nitrogens is 2. The molecule has 5 nitrogen and oxygen atoms in total. The van der Waals surface area contributed by atoms with Crippen molar-refractivity contribution in [3.63, 3.8) is 0 Å². The molecule has 0 saturated carbocycles. The Labute approximate surface area is 171 Å². The smallest absolute Gasteiger partial charge is 0.140 e.